The van der Waals surface area contributed by atoms with Crippen molar-refractivity contribution in [3.63, 3.8) is 0 Å². The molecule has 0 fully saturated rings. The molecule has 0 bridgehead atoms. The summed E-state index contributed by atoms with van der Waals surface area (Å²) in [7, 11) is 0. The molecule has 33 heavy (non-hydrogen) atoms. The molecule has 2 N–H and O–H groups in total. The van der Waals surface area contributed by atoms with Crippen LogP contribution in [0.5, 0.6) is 11.5 Å². The Morgan fingerprint density at radius 3 is 2.67 bits per heavy atom. The van der Waals surface area contributed by atoms with E-state index in [1.807, 2.05) is 0 Å². The first-order valence-electron chi connectivity index (χ1n) is 10.1. The van der Waals surface area contributed by atoms with Crippen LogP contribution in [0.25, 0.3) is 27.5 Å². The van der Waals surface area contributed by atoms with E-state index in [2.05, 4.69) is 15.4 Å². The van der Waals surface area contributed by atoms with E-state index in [1.165, 1.54) is 35.1 Å². The number of nitrogens with zero attached hydrogens (tertiary/aromatic N) is 2. The lowest BCUT2D eigenvalue weighted by atomic mass is 10.1. The zero-order valence-electron chi connectivity index (χ0n) is 17.0. The molecule has 0 spiro atoms. The second-order valence-electron chi connectivity index (χ2n) is 7.53. The van der Waals surface area contributed by atoms with Gasteiger partial charge in [0.1, 0.15) is 5.82 Å². The quantitative estimate of drug-likeness (QED) is 0.440. The molecule has 9 heteroatoms. The van der Waals surface area contributed by atoms with Crippen LogP contribution in [0.2, 0.25) is 0 Å². The first-order chi connectivity index (χ1) is 16.1. The molecular formula is C24H15FN4O4. The number of anilines is 1. The van der Waals surface area contributed by atoms with Crippen LogP contribution < -0.4 is 20.3 Å². The van der Waals surface area contributed by atoms with E-state index in [-0.39, 0.29) is 18.3 Å². The highest BCUT2D eigenvalue weighted by Gasteiger charge is 2.17. The number of rotatable bonds is 3. The maximum absolute atomic E-state index is 13.3. The number of ether oxygens (including phenoxy) is 2. The molecular weight excluding hydrogens is 427 g/mol. The van der Waals surface area contributed by atoms with Gasteiger partial charge in [0.25, 0.3) is 11.5 Å². The van der Waals surface area contributed by atoms with Gasteiger partial charge in [-0.05, 0) is 54.6 Å². The van der Waals surface area contributed by atoms with Crippen molar-refractivity contribution >= 4 is 33.4 Å². The number of carbonyl (C=O) groups excluding carboxylic acids is 1. The molecule has 2 aromatic heterocycles. The van der Waals surface area contributed by atoms with E-state index in [9.17, 15) is 14.0 Å². The number of aromatic amines is 1. The molecule has 6 rings (SSSR count). The summed E-state index contributed by atoms with van der Waals surface area (Å²) in [6.07, 6.45) is 1.49. The van der Waals surface area contributed by atoms with Crippen molar-refractivity contribution in [2.45, 2.75) is 0 Å². The zero-order chi connectivity index (χ0) is 22.5. The molecule has 0 saturated heterocycles. The summed E-state index contributed by atoms with van der Waals surface area (Å²) in [6, 6.07) is 15.8. The van der Waals surface area contributed by atoms with Gasteiger partial charge in [0.05, 0.1) is 22.1 Å². The Hall–Kier alpha value is -4.66. The summed E-state index contributed by atoms with van der Waals surface area (Å²) in [5.41, 5.74) is 2.28. The average Bonchev–Trinajstić information content (AvgIpc) is 3.43. The first kappa shape index (κ1) is 19.1. The minimum atomic E-state index is -0.395. The lowest BCUT2D eigenvalue weighted by molar-refractivity contribution is 0.102. The van der Waals surface area contributed by atoms with Crippen molar-refractivity contribution < 1.29 is 18.7 Å². The van der Waals surface area contributed by atoms with Gasteiger partial charge in [0.15, 0.2) is 11.5 Å². The fourth-order valence-electron chi connectivity index (χ4n) is 3.85. The summed E-state index contributed by atoms with van der Waals surface area (Å²) < 4.78 is 25.3. The zero-order valence-corrected chi connectivity index (χ0v) is 17.0. The summed E-state index contributed by atoms with van der Waals surface area (Å²) in [4.78, 5) is 30.2. The Bertz CT molecular complexity index is 1620. The van der Waals surface area contributed by atoms with Gasteiger partial charge in [-0.25, -0.2) is 9.07 Å². The van der Waals surface area contributed by atoms with Gasteiger partial charge in [-0.2, -0.15) is 0 Å². The second kappa shape index (κ2) is 7.20. The summed E-state index contributed by atoms with van der Waals surface area (Å²) in [5.74, 6) is 0.472. The van der Waals surface area contributed by atoms with Crippen molar-refractivity contribution in [3.05, 3.63) is 88.6 Å². The molecule has 0 aliphatic carbocycles. The van der Waals surface area contributed by atoms with Crippen molar-refractivity contribution in [1.82, 2.24) is 14.8 Å². The summed E-state index contributed by atoms with van der Waals surface area (Å²) in [5, 5.41) is 6.88. The lowest BCUT2D eigenvalue weighted by Crippen LogP contribution is -2.14. The predicted molar refractivity (Wildman–Crippen MR) is 120 cm³/mol. The number of pyridine rings is 1. The maximum atomic E-state index is 13.3. The van der Waals surface area contributed by atoms with E-state index in [0.717, 1.165) is 0 Å². The van der Waals surface area contributed by atoms with Crippen molar-refractivity contribution in [1.29, 1.82) is 0 Å². The van der Waals surface area contributed by atoms with Gasteiger partial charge < -0.3 is 14.8 Å². The second-order valence-corrected chi connectivity index (χ2v) is 7.53. The maximum Gasteiger partial charge on any atom is 0.280 e. The third-order valence-electron chi connectivity index (χ3n) is 5.50. The number of aromatic nitrogens is 3. The molecule has 1 aliphatic rings. The van der Waals surface area contributed by atoms with Crippen LogP contribution in [0.4, 0.5) is 10.1 Å². The van der Waals surface area contributed by atoms with E-state index >= 15 is 0 Å². The number of H-pyrrole nitrogens is 1. The highest BCUT2D eigenvalue weighted by Crippen LogP contribution is 2.34. The summed E-state index contributed by atoms with van der Waals surface area (Å²) >= 11 is 0. The van der Waals surface area contributed by atoms with Crippen LogP contribution >= 0.6 is 0 Å². The normalized spacial score (nSPS) is 12.4. The molecule has 3 heterocycles. The number of hydrogen-bond acceptors (Lipinski definition) is 5. The van der Waals surface area contributed by atoms with Crippen LogP contribution in [0.15, 0.2) is 71.7 Å². The van der Waals surface area contributed by atoms with Gasteiger partial charge in [0.2, 0.25) is 6.79 Å². The number of halogens is 1. The molecule has 1 amide bonds. The van der Waals surface area contributed by atoms with Gasteiger partial charge in [-0.3, -0.25) is 19.7 Å². The van der Waals surface area contributed by atoms with Crippen molar-refractivity contribution in [2.75, 3.05) is 12.1 Å². The molecule has 1 aliphatic heterocycles. The number of fused-ring (bicyclic) bond motifs is 4. The Labute approximate surface area is 185 Å². The lowest BCUT2D eigenvalue weighted by Gasteiger charge is -2.07. The minimum Gasteiger partial charge on any atom is -0.454 e. The Kier molecular flexibility index (Phi) is 4.16. The molecule has 5 aromatic rings. The Balaban J connectivity index is 1.40. The number of hydrogen-bond donors (Lipinski definition) is 2. The van der Waals surface area contributed by atoms with Crippen LogP contribution in [-0.2, 0) is 0 Å². The average molecular weight is 442 g/mol. The smallest absolute Gasteiger partial charge is 0.280 e. The third-order valence-corrected chi connectivity index (χ3v) is 5.50. The van der Waals surface area contributed by atoms with Gasteiger partial charge in [-0.1, -0.05) is 0 Å². The minimum absolute atomic E-state index is 0.149. The van der Waals surface area contributed by atoms with Crippen LogP contribution in [0.3, 0.4) is 0 Å². The van der Waals surface area contributed by atoms with Crippen LogP contribution in [0.1, 0.15) is 10.4 Å². The Morgan fingerprint density at radius 1 is 1.00 bits per heavy atom. The summed E-state index contributed by atoms with van der Waals surface area (Å²) in [6.45, 7) is 0.149. The third kappa shape index (κ3) is 3.18. The van der Waals surface area contributed by atoms with Gasteiger partial charge in [0, 0.05) is 28.9 Å². The standard InChI is InChI=1S/C24H15FN4O4/c25-14-2-5-16(6-3-14)29-24(31)18-11-26-19-7-1-13(9-17(19)22(18)28-29)23(30)27-15-4-8-20-21(10-15)33-12-32-20/h1-11,28H,12H2,(H,27,30). The predicted octanol–water partition coefficient (Wildman–Crippen LogP) is 3.99. The van der Waals surface area contributed by atoms with E-state index in [0.29, 0.717) is 50.2 Å². The molecule has 8 nitrogen and oxygen atoms in total. The van der Waals surface area contributed by atoms with E-state index in [1.54, 1.807) is 36.4 Å². The number of benzene rings is 3. The SMILES string of the molecule is O=C(Nc1ccc2c(c1)OCO2)c1ccc2ncc3c(=O)n(-c4ccc(F)cc4)[nH]c3c2c1. The first-order valence-corrected chi connectivity index (χ1v) is 10.1. The highest BCUT2D eigenvalue weighted by molar-refractivity contribution is 6.10. The molecule has 0 atom stereocenters. The molecule has 0 saturated carbocycles. The van der Waals surface area contributed by atoms with E-state index in [4.69, 9.17) is 9.47 Å². The Morgan fingerprint density at radius 2 is 1.82 bits per heavy atom. The molecule has 3 aromatic carbocycles. The molecule has 0 unspecified atom stereocenters. The highest BCUT2D eigenvalue weighted by atomic mass is 19.1. The van der Waals surface area contributed by atoms with Crippen molar-refractivity contribution in [2.24, 2.45) is 0 Å². The van der Waals surface area contributed by atoms with E-state index < -0.39 is 5.82 Å². The molecule has 162 valence electrons. The van der Waals surface area contributed by atoms with Crippen LogP contribution in [-0.4, -0.2) is 27.5 Å². The van der Waals surface area contributed by atoms with Gasteiger partial charge >= 0.3 is 0 Å². The largest absolute Gasteiger partial charge is 0.454 e. The number of nitrogens with one attached hydrogen (secondary N) is 2. The van der Waals surface area contributed by atoms with Crippen LogP contribution in [0, 0.1) is 5.82 Å². The van der Waals surface area contributed by atoms with Crippen molar-refractivity contribution in [3.8, 4) is 17.2 Å². The monoisotopic (exact) mass is 442 g/mol. The fraction of sp³-hybridized carbons (Fsp3) is 0.0417. The number of carbonyl (C=O) groups is 1. The fourth-order valence-corrected chi connectivity index (χ4v) is 3.85. The topological polar surface area (TPSA) is 98.2 Å². The van der Waals surface area contributed by atoms with Gasteiger partial charge in [-0.15, -0.1) is 0 Å². The molecule has 0 radical (unpaired) electrons. The number of amides is 1.